The predicted molar refractivity (Wildman–Crippen MR) is 103 cm³/mol. The van der Waals surface area contributed by atoms with Crippen LogP contribution < -0.4 is 5.48 Å². The number of nitrogens with one attached hydrogen (secondary N) is 1. The Balaban J connectivity index is 1.51. The highest BCUT2D eigenvalue weighted by Crippen LogP contribution is 2.18. The van der Waals surface area contributed by atoms with Crippen molar-refractivity contribution in [3.8, 4) is 5.75 Å². The lowest BCUT2D eigenvalue weighted by atomic mass is 10.2. The first-order valence-corrected chi connectivity index (χ1v) is 8.45. The zero-order valence-electron chi connectivity index (χ0n) is 14.8. The summed E-state index contributed by atoms with van der Waals surface area (Å²) in [5.41, 5.74) is 4.79. The van der Waals surface area contributed by atoms with E-state index in [4.69, 9.17) is 4.84 Å². The Morgan fingerprint density at radius 2 is 1.57 bits per heavy atom. The van der Waals surface area contributed by atoms with E-state index in [0.717, 1.165) is 5.56 Å². The molecule has 7 heteroatoms. The fraction of sp³-hybridized carbons (Fsp3) is 0.0476. The summed E-state index contributed by atoms with van der Waals surface area (Å²) in [5, 5.41) is 16.7. The molecule has 0 heterocycles. The third kappa shape index (κ3) is 5.50. The molecular weight excluding hydrogens is 358 g/mol. The Labute approximate surface area is 161 Å². The van der Waals surface area contributed by atoms with E-state index in [2.05, 4.69) is 15.7 Å². The van der Waals surface area contributed by atoms with Crippen LogP contribution >= 0.6 is 0 Å². The molecule has 140 valence electrons. The zero-order chi connectivity index (χ0) is 19.8. The maximum absolute atomic E-state index is 11.9. The van der Waals surface area contributed by atoms with Gasteiger partial charge < -0.3 is 9.94 Å². The molecule has 3 aromatic rings. The number of phenols is 1. The summed E-state index contributed by atoms with van der Waals surface area (Å²) < 4.78 is 0. The van der Waals surface area contributed by atoms with Crippen molar-refractivity contribution in [2.24, 2.45) is 10.2 Å². The van der Waals surface area contributed by atoms with Crippen molar-refractivity contribution in [3.63, 3.8) is 0 Å². The van der Waals surface area contributed by atoms with Gasteiger partial charge in [-0.15, -0.1) is 10.2 Å². The van der Waals surface area contributed by atoms with Gasteiger partial charge in [-0.05, 0) is 54.1 Å². The van der Waals surface area contributed by atoms with Crippen LogP contribution in [0.25, 0.3) is 0 Å². The molecule has 0 spiro atoms. The molecule has 28 heavy (non-hydrogen) atoms. The third-order valence-corrected chi connectivity index (χ3v) is 3.71. The van der Waals surface area contributed by atoms with Crippen LogP contribution in [0.2, 0.25) is 0 Å². The van der Waals surface area contributed by atoms with Gasteiger partial charge in [-0.1, -0.05) is 30.3 Å². The number of hydrogen-bond donors (Lipinski definition) is 2. The van der Waals surface area contributed by atoms with Gasteiger partial charge in [-0.2, -0.15) is 0 Å². The van der Waals surface area contributed by atoms with Crippen molar-refractivity contribution in [2.75, 3.05) is 5.48 Å². The number of carbonyl (C=O) groups excluding carboxylic acids is 2. The average Bonchev–Trinajstić information content (AvgIpc) is 2.72. The number of phenolic OH excluding ortho intramolecular Hbond substituents is 1. The minimum atomic E-state index is -0.517. The fourth-order valence-electron chi connectivity index (χ4n) is 2.28. The van der Waals surface area contributed by atoms with Crippen LogP contribution in [0.1, 0.15) is 15.9 Å². The SMILES string of the molecule is O=C(Cc1ccccc1)ONc1ccc(N=NC(=O)c2ccc(O)cc2)cc1. The summed E-state index contributed by atoms with van der Waals surface area (Å²) >= 11 is 0. The summed E-state index contributed by atoms with van der Waals surface area (Å²) in [6.45, 7) is 0. The Bertz CT molecular complexity index is 969. The van der Waals surface area contributed by atoms with Crippen LogP contribution in [0.15, 0.2) is 89.1 Å². The monoisotopic (exact) mass is 375 g/mol. The Morgan fingerprint density at radius 3 is 2.25 bits per heavy atom. The molecule has 0 atom stereocenters. The number of azo groups is 1. The second kappa shape index (κ2) is 9.09. The third-order valence-electron chi connectivity index (χ3n) is 3.71. The molecule has 0 aliphatic carbocycles. The molecule has 0 saturated carbocycles. The maximum atomic E-state index is 11.9. The van der Waals surface area contributed by atoms with Crippen molar-refractivity contribution >= 4 is 23.3 Å². The minimum Gasteiger partial charge on any atom is -0.508 e. The summed E-state index contributed by atoms with van der Waals surface area (Å²) in [4.78, 5) is 28.7. The van der Waals surface area contributed by atoms with Crippen molar-refractivity contribution in [2.45, 2.75) is 6.42 Å². The first kappa shape index (κ1) is 18.8. The normalized spacial score (nSPS) is 10.6. The van der Waals surface area contributed by atoms with E-state index < -0.39 is 11.9 Å². The highest BCUT2D eigenvalue weighted by atomic mass is 16.7. The first-order valence-electron chi connectivity index (χ1n) is 8.45. The van der Waals surface area contributed by atoms with Gasteiger partial charge in [0.2, 0.25) is 0 Å². The van der Waals surface area contributed by atoms with Crippen molar-refractivity contribution in [1.82, 2.24) is 0 Å². The minimum absolute atomic E-state index is 0.0704. The summed E-state index contributed by atoms with van der Waals surface area (Å²) in [5.74, 6) is -0.854. The lowest BCUT2D eigenvalue weighted by Gasteiger charge is -2.07. The highest BCUT2D eigenvalue weighted by Gasteiger charge is 2.06. The van der Waals surface area contributed by atoms with Crippen LogP contribution in [0.3, 0.4) is 0 Å². The van der Waals surface area contributed by atoms with Gasteiger partial charge in [0.25, 0.3) is 5.91 Å². The van der Waals surface area contributed by atoms with Crippen LogP contribution in [-0.2, 0) is 16.1 Å². The number of carbonyl (C=O) groups is 2. The van der Waals surface area contributed by atoms with Gasteiger partial charge in [0.1, 0.15) is 5.75 Å². The Kier molecular flexibility index (Phi) is 6.10. The fourth-order valence-corrected chi connectivity index (χ4v) is 2.28. The van der Waals surface area contributed by atoms with Crippen LogP contribution in [0.4, 0.5) is 11.4 Å². The van der Waals surface area contributed by atoms with E-state index >= 15 is 0 Å². The predicted octanol–water partition coefficient (Wildman–Crippen LogP) is 4.43. The van der Waals surface area contributed by atoms with Gasteiger partial charge in [0.05, 0.1) is 17.8 Å². The first-order chi connectivity index (χ1) is 13.6. The van der Waals surface area contributed by atoms with Gasteiger partial charge in [0, 0.05) is 5.56 Å². The van der Waals surface area contributed by atoms with E-state index in [9.17, 15) is 14.7 Å². The Morgan fingerprint density at radius 1 is 0.893 bits per heavy atom. The van der Waals surface area contributed by atoms with Gasteiger partial charge in [0.15, 0.2) is 0 Å². The van der Waals surface area contributed by atoms with Crippen molar-refractivity contribution in [3.05, 3.63) is 90.0 Å². The van der Waals surface area contributed by atoms with E-state index in [-0.39, 0.29) is 12.2 Å². The number of hydrogen-bond acceptors (Lipinski definition) is 6. The number of nitrogens with zero attached hydrogens (tertiary/aromatic N) is 2. The topological polar surface area (TPSA) is 100 Å². The molecule has 0 aromatic heterocycles. The summed E-state index contributed by atoms with van der Waals surface area (Å²) in [7, 11) is 0. The molecule has 0 unspecified atom stereocenters. The number of aromatic hydroxyl groups is 1. The molecule has 0 fully saturated rings. The van der Waals surface area contributed by atoms with E-state index in [1.54, 1.807) is 24.3 Å². The molecular formula is C21H17N3O4. The second-order valence-corrected chi connectivity index (χ2v) is 5.84. The summed E-state index contributed by atoms with van der Waals surface area (Å²) in [6, 6.07) is 21.6. The molecule has 0 bridgehead atoms. The Hall–Kier alpha value is -4.00. The number of rotatable bonds is 6. The molecule has 0 aliphatic rings. The molecule has 1 amide bonds. The lowest BCUT2D eigenvalue weighted by Crippen LogP contribution is -2.12. The lowest BCUT2D eigenvalue weighted by molar-refractivity contribution is -0.139. The van der Waals surface area contributed by atoms with Gasteiger partial charge in [-0.25, -0.2) is 10.3 Å². The standard InChI is InChI=1S/C21H17N3O4/c25-19-12-6-16(7-13-19)21(27)23-22-17-8-10-18(11-9-17)24-28-20(26)14-15-4-2-1-3-5-15/h1-13,24-25H,14H2. The highest BCUT2D eigenvalue weighted by molar-refractivity contribution is 5.94. The number of amides is 1. The average molecular weight is 375 g/mol. The van der Waals surface area contributed by atoms with Crippen LogP contribution in [0.5, 0.6) is 5.75 Å². The molecule has 3 aromatic carbocycles. The van der Waals surface area contributed by atoms with Crippen LogP contribution in [-0.4, -0.2) is 17.0 Å². The molecule has 0 radical (unpaired) electrons. The van der Waals surface area contributed by atoms with E-state index in [1.807, 2.05) is 30.3 Å². The second-order valence-electron chi connectivity index (χ2n) is 5.84. The van der Waals surface area contributed by atoms with E-state index in [1.165, 1.54) is 24.3 Å². The maximum Gasteiger partial charge on any atom is 0.336 e. The smallest absolute Gasteiger partial charge is 0.336 e. The quantitative estimate of drug-likeness (QED) is 0.490. The van der Waals surface area contributed by atoms with Crippen molar-refractivity contribution < 1.29 is 19.5 Å². The molecule has 0 saturated heterocycles. The van der Waals surface area contributed by atoms with E-state index in [0.29, 0.717) is 16.9 Å². The van der Waals surface area contributed by atoms with Crippen LogP contribution in [0, 0.1) is 0 Å². The largest absolute Gasteiger partial charge is 0.508 e. The molecule has 0 aliphatic heterocycles. The number of benzene rings is 3. The zero-order valence-corrected chi connectivity index (χ0v) is 14.8. The van der Waals surface area contributed by atoms with Crippen molar-refractivity contribution in [1.29, 1.82) is 0 Å². The molecule has 7 nitrogen and oxygen atoms in total. The number of anilines is 1. The van der Waals surface area contributed by atoms with Gasteiger partial charge in [-0.3, -0.25) is 4.79 Å². The van der Waals surface area contributed by atoms with Gasteiger partial charge >= 0.3 is 5.97 Å². The summed E-state index contributed by atoms with van der Waals surface area (Å²) in [6.07, 6.45) is 0.166. The molecule has 2 N–H and O–H groups in total. The molecule has 3 rings (SSSR count).